The normalized spacial score (nSPS) is 33.3. The molecule has 0 amide bonds. The molecule has 0 radical (unpaired) electrons. The molecule has 1 aromatic rings. The maximum Gasteiger partial charge on any atom is 0.150 e. The number of aliphatic hydroxyl groups excluding tert-OH is 3. The predicted molar refractivity (Wildman–Crippen MR) is 77.9 cm³/mol. The summed E-state index contributed by atoms with van der Waals surface area (Å²) in [6.45, 7) is 4.24. The van der Waals surface area contributed by atoms with Crippen molar-refractivity contribution in [2.75, 3.05) is 18.2 Å². The molecule has 0 unspecified atom stereocenters. The average Bonchev–Trinajstić information content (AvgIpc) is 3.00. The first kappa shape index (κ1) is 14.7. The number of para-hydroxylation sites is 1. The van der Waals surface area contributed by atoms with E-state index >= 15 is 0 Å². The highest BCUT2D eigenvalue weighted by molar-refractivity contribution is 5.60. The highest BCUT2D eigenvalue weighted by Crippen LogP contribution is 2.35. The largest absolute Gasteiger partial charge is 0.394 e. The van der Waals surface area contributed by atoms with Crippen molar-refractivity contribution in [1.82, 2.24) is 5.32 Å². The summed E-state index contributed by atoms with van der Waals surface area (Å²) < 4.78 is 5.83. The fraction of sp³-hybridized carbons (Fsp3) is 0.600. The molecular weight excluding hydrogens is 272 g/mol. The number of anilines is 1. The van der Waals surface area contributed by atoms with Crippen molar-refractivity contribution in [2.45, 2.75) is 44.4 Å². The number of hydrogen-bond donors (Lipinski definition) is 4. The Labute approximate surface area is 124 Å². The second-order valence-corrected chi connectivity index (χ2v) is 5.83. The second-order valence-electron chi connectivity index (χ2n) is 5.83. The molecule has 116 valence electrons. The Morgan fingerprint density at radius 2 is 2.05 bits per heavy atom. The number of rotatable bonds is 3. The van der Waals surface area contributed by atoms with Crippen molar-refractivity contribution in [3.8, 4) is 0 Å². The predicted octanol–water partition coefficient (Wildman–Crippen LogP) is -0.522. The van der Waals surface area contributed by atoms with Gasteiger partial charge in [0.1, 0.15) is 24.5 Å². The Morgan fingerprint density at radius 3 is 2.67 bits per heavy atom. The molecule has 4 N–H and O–H groups in total. The Morgan fingerprint density at radius 1 is 1.38 bits per heavy atom. The molecule has 0 aromatic heterocycles. The van der Waals surface area contributed by atoms with Crippen LogP contribution < -0.4 is 10.2 Å². The summed E-state index contributed by atoms with van der Waals surface area (Å²) in [6, 6.07) is 5.83. The van der Waals surface area contributed by atoms with Gasteiger partial charge >= 0.3 is 0 Å². The van der Waals surface area contributed by atoms with Crippen molar-refractivity contribution in [3.63, 3.8) is 0 Å². The molecule has 6 heteroatoms. The van der Waals surface area contributed by atoms with E-state index in [9.17, 15) is 10.2 Å². The Kier molecular flexibility index (Phi) is 3.90. The lowest BCUT2D eigenvalue weighted by molar-refractivity contribution is -0.0819. The molecule has 2 aliphatic rings. The molecule has 21 heavy (non-hydrogen) atoms. The highest BCUT2D eigenvalue weighted by atomic mass is 16.6. The van der Waals surface area contributed by atoms with E-state index < -0.39 is 24.9 Å². The summed E-state index contributed by atoms with van der Waals surface area (Å²) in [5.74, 6) is 0. The van der Waals surface area contributed by atoms with E-state index in [1.165, 1.54) is 0 Å². The van der Waals surface area contributed by atoms with Crippen LogP contribution in [0.5, 0.6) is 0 Å². The maximum atomic E-state index is 10.3. The summed E-state index contributed by atoms with van der Waals surface area (Å²) in [6.07, 6.45) is -3.03. The molecule has 1 aromatic carbocycles. The van der Waals surface area contributed by atoms with E-state index in [0.29, 0.717) is 6.67 Å². The number of hydrogen-bond acceptors (Lipinski definition) is 6. The first-order valence-electron chi connectivity index (χ1n) is 7.23. The van der Waals surface area contributed by atoms with E-state index in [0.717, 1.165) is 16.8 Å². The fourth-order valence-electron chi connectivity index (χ4n) is 3.37. The molecule has 2 saturated heterocycles. The molecule has 2 aliphatic heterocycles. The monoisotopic (exact) mass is 294 g/mol. The first-order chi connectivity index (χ1) is 10.0. The van der Waals surface area contributed by atoms with Gasteiger partial charge in [-0.3, -0.25) is 5.32 Å². The van der Waals surface area contributed by atoms with Gasteiger partial charge in [0.2, 0.25) is 0 Å². The molecule has 3 rings (SSSR count). The Bertz CT molecular complexity index is 504. The van der Waals surface area contributed by atoms with E-state index in [-0.39, 0.29) is 12.3 Å². The van der Waals surface area contributed by atoms with E-state index in [2.05, 4.69) is 10.2 Å². The summed E-state index contributed by atoms with van der Waals surface area (Å²) in [5.41, 5.74) is 3.37. The SMILES string of the molecule is Cc1cccc(C)c1N1CN[C@@H]2[C@@H](O)[C@@H]([C@H](O)CO)O[C@@H]21. The molecule has 2 heterocycles. The number of aliphatic hydroxyl groups is 3. The van der Waals surface area contributed by atoms with Crippen LogP contribution in [0.15, 0.2) is 18.2 Å². The Balaban J connectivity index is 1.88. The molecule has 0 bridgehead atoms. The topological polar surface area (TPSA) is 85.2 Å². The fourth-order valence-corrected chi connectivity index (χ4v) is 3.37. The van der Waals surface area contributed by atoms with Crippen LogP contribution in [-0.4, -0.2) is 59.2 Å². The van der Waals surface area contributed by atoms with E-state index in [4.69, 9.17) is 9.84 Å². The minimum Gasteiger partial charge on any atom is -0.394 e. The standard InChI is InChI=1S/C15H22N2O4/c1-8-4-3-5-9(2)12(8)17-7-16-11-13(20)14(10(19)6-18)21-15(11)17/h3-5,10-11,13-16,18-20H,6-7H2,1-2H3/t10-,11-,13-,14-,15+/m1/s1. The van der Waals surface area contributed by atoms with Gasteiger partial charge in [0, 0.05) is 5.69 Å². The Hall–Kier alpha value is -1.18. The smallest absolute Gasteiger partial charge is 0.150 e. The molecule has 0 aliphatic carbocycles. The van der Waals surface area contributed by atoms with Crippen LogP contribution in [0.1, 0.15) is 11.1 Å². The number of benzene rings is 1. The molecule has 0 saturated carbocycles. The van der Waals surface area contributed by atoms with Crippen LogP contribution >= 0.6 is 0 Å². The molecule has 0 spiro atoms. The zero-order valence-electron chi connectivity index (χ0n) is 12.2. The van der Waals surface area contributed by atoms with Gasteiger partial charge in [0.25, 0.3) is 0 Å². The maximum absolute atomic E-state index is 10.3. The van der Waals surface area contributed by atoms with Crippen molar-refractivity contribution >= 4 is 5.69 Å². The number of nitrogens with one attached hydrogen (secondary N) is 1. The molecule has 5 atom stereocenters. The van der Waals surface area contributed by atoms with Crippen LogP contribution in [0.25, 0.3) is 0 Å². The molecule has 2 fully saturated rings. The minimum absolute atomic E-state index is 0.268. The third-order valence-corrected chi connectivity index (χ3v) is 4.41. The van der Waals surface area contributed by atoms with Gasteiger partial charge in [-0.2, -0.15) is 0 Å². The van der Waals surface area contributed by atoms with Crippen LogP contribution in [0, 0.1) is 13.8 Å². The molecule has 6 nitrogen and oxygen atoms in total. The van der Waals surface area contributed by atoms with Gasteiger partial charge in [-0.1, -0.05) is 18.2 Å². The quantitative estimate of drug-likeness (QED) is 0.600. The van der Waals surface area contributed by atoms with Crippen LogP contribution in [0.3, 0.4) is 0 Å². The average molecular weight is 294 g/mol. The molecular formula is C15H22N2O4. The van der Waals surface area contributed by atoms with Crippen LogP contribution in [0.2, 0.25) is 0 Å². The third kappa shape index (κ3) is 2.33. The number of fused-ring (bicyclic) bond motifs is 1. The summed E-state index contributed by atoms with van der Waals surface area (Å²) >= 11 is 0. The zero-order chi connectivity index (χ0) is 15.1. The summed E-state index contributed by atoms with van der Waals surface area (Å²) in [7, 11) is 0. The lowest BCUT2D eigenvalue weighted by Gasteiger charge is -2.29. The van der Waals surface area contributed by atoms with Gasteiger partial charge in [0.15, 0.2) is 0 Å². The third-order valence-electron chi connectivity index (χ3n) is 4.41. The minimum atomic E-state index is -1.08. The van der Waals surface area contributed by atoms with E-state index in [1.807, 2.05) is 32.0 Å². The van der Waals surface area contributed by atoms with Crippen molar-refractivity contribution in [2.24, 2.45) is 0 Å². The van der Waals surface area contributed by atoms with Gasteiger partial charge in [0.05, 0.1) is 19.3 Å². The van der Waals surface area contributed by atoms with E-state index in [1.54, 1.807) is 0 Å². The first-order valence-corrected chi connectivity index (χ1v) is 7.23. The number of aryl methyl sites for hydroxylation is 2. The van der Waals surface area contributed by atoms with Gasteiger partial charge in [-0.15, -0.1) is 0 Å². The van der Waals surface area contributed by atoms with Crippen molar-refractivity contribution in [3.05, 3.63) is 29.3 Å². The lowest BCUT2D eigenvalue weighted by Crippen LogP contribution is -2.44. The highest BCUT2D eigenvalue weighted by Gasteiger charge is 2.52. The zero-order valence-corrected chi connectivity index (χ0v) is 12.2. The number of ether oxygens (including phenoxy) is 1. The summed E-state index contributed by atoms with van der Waals surface area (Å²) in [5, 5.41) is 32.4. The van der Waals surface area contributed by atoms with Gasteiger partial charge in [-0.05, 0) is 25.0 Å². The van der Waals surface area contributed by atoms with Crippen molar-refractivity contribution < 1.29 is 20.1 Å². The summed E-state index contributed by atoms with van der Waals surface area (Å²) in [4.78, 5) is 2.07. The van der Waals surface area contributed by atoms with Crippen LogP contribution in [0.4, 0.5) is 5.69 Å². The van der Waals surface area contributed by atoms with Crippen molar-refractivity contribution in [1.29, 1.82) is 0 Å². The second kappa shape index (κ2) is 5.55. The number of nitrogens with zero attached hydrogens (tertiary/aromatic N) is 1. The van der Waals surface area contributed by atoms with Gasteiger partial charge in [-0.25, -0.2) is 0 Å². The van der Waals surface area contributed by atoms with Gasteiger partial charge < -0.3 is 25.0 Å². The van der Waals surface area contributed by atoms with Crippen LogP contribution in [-0.2, 0) is 4.74 Å². The lowest BCUT2D eigenvalue weighted by atomic mass is 10.0.